The summed E-state index contributed by atoms with van der Waals surface area (Å²) in [6.45, 7) is 10.1. The Balaban J connectivity index is 3.03. The van der Waals surface area contributed by atoms with Crippen LogP contribution in [0.3, 0.4) is 0 Å². The second-order valence-electron chi connectivity index (χ2n) is 3.80. The van der Waals surface area contributed by atoms with Crippen LogP contribution in [-0.2, 0) is 10.0 Å². The van der Waals surface area contributed by atoms with Crippen LogP contribution in [-0.4, -0.2) is 32.4 Å². The van der Waals surface area contributed by atoms with Gasteiger partial charge in [-0.15, -0.1) is 13.2 Å². The second-order valence-corrected chi connectivity index (χ2v) is 5.74. The summed E-state index contributed by atoms with van der Waals surface area (Å²) in [5.74, 6) is 0.653. The van der Waals surface area contributed by atoms with Crippen molar-refractivity contribution in [2.45, 2.75) is 11.8 Å². The van der Waals surface area contributed by atoms with E-state index in [-0.39, 0.29) is 18.0 Å². The van der Waals surface area contributed by atoms with Crippen LogP contribution < -0.4 is 4.74 Å². The molecule has 0 unspecified atom stereocenters. The van der Waals surface area contributed by atoms with E-state index < -0.39 is 10.0 Å². The maximum Gasteiger partial charge on any atom is 0.243 e. The standard InChI is InChI=1S/C14H19NO3S/c1-4-11-15(12-5-2)19(16,17)14-9-7-13(8-10-14)18-6-3/h4-5,7-10H,1-2,6,11-12H2,3H3. The van der Waals surface area contributed by atoms with Crippen molar-refractivity contribution < 1.29 is 13.2 Å². The number of sulfonamides is 1. The SMILES string of the molecule is C=CCN(CC=C)S(=O)(=O)c1ccc(OCC)cc1. The minimum absolute atomic E-state index is 0.236. The molecule has 5 heteroatoms. The molecule has 1 aromatic carbocycles. The van der Waals surface area contributed by atoms with E-state index in [4.69, 9.17) is 4.74 Å². The molecule has 4 nitrogen and oxygen atoms in total. The Morgan fingerprint density at radius 3 is 2.11 bits per heavy atom. The zero-order chi connectivity index (χ0) is 14.3. The molecule has 0 aromatic heterocycles. The summed E-state index contributed by atoms with van der Waals surface area (Å²) in [7, 11) is -3.52. The van der Waals surface area contributed by atoms with Crippen LogP contribution in [0.25, 0.3) is 0 Å². The van der Waals surface area contributed by atoms with Gasteiger partial charge in [0.2, 0.25) is 10.0 Å². The summed E-state index contributed by atoms with van der Waals surface area (Å²) < 4.78 is 31.3. The highest BCUT2D eigenvalue weighted by Crippen LogP contribution is 2.19. The summed E-state index contributed by atoms with van der Waals surface area (Å²) in [5, 5.41) is 0. The molecule has 0 aliphatic heterocycles. The monoisotopic (exact) mass is 281 g/mol. The van der Waals surface area contributed by atoms with E-state index in [1.165, 1.54) is 4.31 Å². The first kappa shape index (κ1) is 15.5. The molecule has 0 amide bonds. The van der Waals surface area contributed by atoms with Crippen molar-refractivity contribution in [3.63, 3.8) is 0 Å². The van der Waals surface area contributed by atoms with Crippen molar-refractivity contribution in [3.8, 4) is 5.75 Å². The Morgan fingerprint density at radius 1 is 1.16 bits per heavy atom. The minimum atomic E-state index is -3.52. The third kappa shape index (κ3) is 3.94. The van der Waals surface area contributed by atoms with Crippen molar-refractivity contribution in [3.05, 3.63) is 49.6 Å². The molecule has 104 valence electrons. The molecule has 0 bridgehead atoms. The quantitative estimate of drug-likeness (QED) is 0.688. The molecule has 0 saturated heterocycles. The summed E-state index contributed by atoms with van der Waals surface area (Å²) >= 11 is 0. The number of hydrogen-bond donors (Lipinski definition) is 0. The first-order chi connectivity index (χ1) is 9.06. The topological polar surface area (TPSA) is 46.6 Å². The van der Waals surface area contributed by atoms with Crippen molar-refractivity contribution >= 4 is 10.0 Å². The van der Waals surface area contributed by atoms with Gasteiger partial charge < -0.3 is 4.74 Å². The van der Waals surface area contributed by atoms with Gasteiger partial charge >= 0.3 is 0 Å². The van der Waals surface area contributed by atoms with Crippen LogP contribution in [0.2, 0.25) is 0 Å². The van der Waals surface area contributed by atoms with Gasteiger partial charge in [0.05, 0.1) is 11.5 Å². The van der Waals surface area contributed by atoms with E-state index in [0.717, 1.165) is 0 Å². The van der Waals surface area contributed by atoms with Gasteiger partial charge in [0.15, 0.2) is 0 Å². The predicted molar refractivity (Wildman–Crippen MR) is 76.8 cm³/mol. The molecule has 0 saturated carbocycles. The molecule has 0 atom stereocenters. The van der Waals surface area contributed by atoms with E-state index in [1.807, 2.05) is 6.92 Å². The summed E-state index contributed by atoms with van der Waals surface area (Å²) in [4.78, 5) is 0.236. The van der Waals surface area contributed by atoms with E-state index in [2.05, 4.69) is 13.2 Å². The van der Waals surface area contributed by atoms with Gasteiger partial charge in [-0.3, -0.25) is 0 Å². The molecule has 1 rings (SSSR count). The fraction of sp³-hybridized carbons (Fsp3) is 0.286. The fourth-order valence-electron chi connectivity index (χ4n) is 1.58. The molecule has 0 N–H and O–H groups in total. The lowest BCUT2D eigenvalue weighted by molar-refractivity contribution is 0.340. The zero-order valence-corrected chi connectivity index (χ0v) is 11.9. The number of ether oxygens (including phenoxy) is 1. The first-order valence-electron chi connectivity index (χ1n) is 6.01. The maximum atomic E-state index is 12.4. The Kier molecular flexibility index (Phi) is 5.79. The van der Waals surface area contributed by atoms with Gasteiger partial charge in [0.25, 0.3) is 0 Å². The van der Waals surface area contributed by atoms with Gasteiger partial charge in [-0.2, -0.15) is 4.31 Å². The lowest BCUT2D eigenvalue weighted by Gasteiger charge is -2.19. The molecule has 0 heterocycles. The average Bonchev–Trinajstić information content (AvgIpc) is 2.39. The highest BCUT2D eigenvalue weighted by molar-refractivity contribution is 7.89. The highest BCUT2D eigenvalue weighted by Gasteiger charge is 2.22. The Hall–Kier alpha value is -1.59. The van der Waals surface area contributed by atoms with E-state index in [1.54, 1.807) is 36.4 Å². The maximum absolute atomic E-state index is 12.4. The third-order valence-electron chi connectivity index (χ3n) is 2.44. The number of rotatable bonds is 8. The molecule has 1 aromatic rings. The van der Waals surface area contributed by atoms with Crippen molar-refractivity contribution in [1.29, 1.82) is 0 Å². The predicted octanol–water partition coefficient (Wildman–Crippen LogP) is 2.45. The molecule has 0 radical (unpaired) electrons. The largest absolute Gasteiger partial charge is 0.494 e. The first-order valence-corrected chi connectivity index (χ1v) is 7.45. The lowest BCUT2D eigenvalue weighted by atomic mass is 10.3. The molecule has 0 fully saturated rings. The summed E-state index contributed by atoms with van der Waals surface area (Å²) in [5.41, 5.74) is 0. The van der Waals surface area contributed by atoms with Crippen LogP contribution >= 0.6 is 0 Å². The van der Waals surface area contributed by atoms with E-state index in [9.17, 15) is 8.42 Å². The Labute approximate surface area is 115 Å². The van der Waals surface area contributed by atoms with Gasteiger partial charge in [0.1, 0.15) is 5.75 Å². The van der Waals surface area contributed by atoms with E-state index in [0.29, 0.717) is 12.4 Å². The number of hydrogen-bond acceptors (Lipinski definition) is 3. The van der Waals surface area contributed by atoms with Crippen LogP contribution in [0.4, 0.5) is 0 Å². The molecule has 19 heavy (non-hydrogen) atoms. The normalized spacial score (nSPS) is 11.3. The van der Waals surface area contributed by atoms with Crippen LogP contribution in [0.5, 0.6) is 5.75 Å². The van der Waals surface area contributed by atoms with Crippen molar-refractivity contribution in [2.24, 2.45) is 0 Å². The van der Waals surface area contributed by atoms with Gasteiger partial charge in [-0.25, -0.2) is 8.42 Å². The van der Waals surface area contributed by atoms with E-state index >= 15 is 0 Å². The van der Waals surface area contributed by atoms with Crippen molar-refractivity contribution in [2.75, 3.05) is 19.7 Å². The average molecular weight is 281 g/mol. The molecular weight excluding hydrogens is 262 g/mol. The fourth-order valence-corrected chi connectivity index (χ4v) is 2.96. The van der Waals surface area contributed by atoms with Crippen LogP contribution in [0.1, 0.15) is 6.92 Å². The zero-order valence-electron chi connectivity index (χ0n) is 11.1. The molecule has 0 aliphatic carbocycles. The van der Waals surface area contributed by atoms with Crippen LogP contribution in [0, 0.1) is 0 Å². The Bertz CT molecular complexity index is 510. The smallest absolute Gasteiger partial charge is 0.243 e. The van der Waals surface area contributed by atoms with Gasteiger partial charge in [-0.1, -0.05) is 12.2 Å². The minimum Gasteiger partial charge on any atom is -0.494 e. The number of benzene rings is 1. The molecule has 0 aliphatic rings. The third-order valence-corrected chi connectivity index (χ3v) is 4.28. The summed E-state index contributed by atoms with van der Waals surface area (Å²) in [6.07, 6.45) is 3.10. The van der Waals surface area contributed by atoms with Crippen LogP contribution in [0.15, 0.2) is 54.5 Å². The molecular formula is C14H19NO3S. The van der Waals surface area contributed by atoms with Crippen molar-refractivity contribution in [1.82, 2.24) is 4.31 Å². The molecule has 0 spiro atoms. The van der Waals surface area contributed by atoms with Gasteiger partial charge in [-0.05, 0) is 31.2 Å². The Morgan fingerprint density at radius 2 is 1.68 bits per heavy atom. The second kappa shape index (κ2) is 7.11. The van der Waals surface area contributed by atoms with Gasteiger partial charge in [0, 0.05) is 13.1 Å². The number of nitrogens with zero attached hydrogens (tertiary/aromatic N) is 1. The summed E-state index contributed by atoms with van der Waals surface area (Å²) in [6, 6.07) is 6.38. The highest BCUT2D eigenvalue weighted by atomic mass is 32.2. The lowest BCUT2D eigenvalue weighted by Crippen LogP contribution is -2.31.